The topological polar surface area (TPSA) is 70.6 Å². The first-order valence-corrected chi connectivity index (χ1v) is 9.81. The minimum Gasteiger partial charge on any atom is -0.497 e. The third kappa shape index (κ3) is 5.19. The maximum Gasteiger partial charge on any atom is 0.236 e. The van der Waals surface area contributed by atoms with E-state index in [9.17, 15) is 4.79 Å². The van der Waals surface area contributed by atoms with E-state index in [1.54, 1.807) is 7.11 Å². The Hall–Kier alpha value is -2.67. The van der Waals surface area contributed by atoms with Crippen LogP contribution in [0.5, 0.6) is 5.75 Å². The average molecular weight is 383 g/mol. The molecule has 0 saturated carbocycles. The number of rotatable bonds is 6. The molecule has 0 unspecified atom stereocenters. The standard InChI is InChI=1S/C21H29N5O2/c1-16(2)22-15-21(27)26-11-5-10-25(12-13-26)20-9-8-19(23-24-20)17-6-4-7-18(14-17)28-3/h4,6-9,14,16,22H,5,10-13,15H2,1-3H3. The predicted octanol–water partition coefficient (Wildman–Crippen LogP) is 2.19. The summed E-state index contributed by atoms with van der Waals surface area (Å²) >= 11 is 0. The summed E-state index contributed by atoms with van der Waals surface area (Å²) < 4.78 is 5.28. The third-order valence-electron chi connectivity index (χ3n) is 4.85. The minimum absolute atomic E-state index is 0.162. The zero-order chi connectivity index (χ0) is 19.9. The van der Waals surface area contributed by atoms with Gasteiger partial charge in [-0.2, -0.15) is 0 Å². The van der Waals surface area contributed by atoms with Gasteiger partial charge in [-0.25, -0.2) is 0 Å². The number of hydrogen-bond acceptors (Lipinski definition) is 6. The Balaban J connectivity index is 1.62. The highest BCUT2D eigenvalue weighted by molar-refractivity contribution is 5.78. The first kappa shape index (κ1) is 20.1. The minimum atomic E-state index is 0.162. The summed E-state index contributed by atoms with van der Waals surface area (Å²) in [5.74, 6) is 1.81. The highest BCUT2D eigenvalue weighted by Gasteiger charge is 2.20. The van der Waals surface area contributed by atoms with Crippen LogP contribution >= 0.6 is 0 Å². The molecule has 1 aliphatic heterocycles. The molecule has 2 heterocycles. The lowest BCUT2D eigenvalue weighted by molar-refractivity contribution is -0.130. The van der Waals surface area contributed by atoms with E-state index in [4.69, 9.17) is 4.74 Å². The van der Waals surface area contributed by atoms with Crippen LogP contribution in [0.1, 0.15) is 20.3 Å². The van der Waals surface area contributed by atoms with Crippen molar-refractivity contribution in [2.45, 2.75) is 26.3 Å². The van der Waals surface area contributed by atoms with Crippen molar-refractivity contribution in [3.63, 3.8) is 0 Å². The average Bonchev–Trinajstić information content (AvgIpc) is 2.98. The molecule has 1 fully saturated rings. The van der Waals surface area contributed by atoms with Gasteiger partial charge in [-0.1, -0.05) is 26.0 Å². The van der Waals surface area contributed by atoms with Gasteiger partial charge in [0.1, 0.15) is 5.75 Å². The third-order valence-corrected chi connectivity index (χ3v) is 4.85. The molecular formula is C21H29N5O2. The molecule has 28 heavy (non-hydrogen) atoms. The fourth-order valence-electron chi connectivity index (χ4n) is 3.23. The van der Waals surface area contributed by atoms with Crippen molar-refractivity contribution >= 4 is 11.7 Å². The van der Waals surface area contributed by atoms with Crippen LogP contribution in [0.15, 0.2) is 36.4 Å². The van der Waals surface area contributed by atoms with Crippen LogP contribution < -0.4 is 15.0 Å². The van der Waals surface area contributed by atoms with Crippen molar-refractivity contribution in [1.29, 1.82) is 0 Å². The molecule has 0 aliphatic carbocycles. The van der Waals surface area contributed by atoms with Gasteiger partial charge in [-0.05, 0) is 30.7 Å². The van der Waals surface area contributed by atoms with Gasteiger partial charge in [0.05, 0.1) is 19.3 Å². The summed E-state index contributed by atoms with van der Waals surface area (Å²) in [6, 6.07) is 12.1. The van der Waals surface area contributed by atoms with Gasteiger partial charge in [0.15, 0.2) is 5.82 Å². The highest BCUT2D eigenvalue weighted by atomic mass is 16.5. The molecule has 3 rings (SSSR count). The Morgan fingerprint density at radius 3 is 2.71 bits per heavy atom. The fourth-order valence-corrected chi connectivity index (χ4v) is 3.23. The SMILES string of the molecule is COc1cccc(-c2ccc(N3CCCN(C(=O)CNC(C)C)CC3)nn2)c1. The largest absolute Gasteiger partial charge is 0.497 e. The van der Waals surface area contributed by atoms with E-state index in [1.807, 2.05) is 55.1 Å². The molecule has 0 atom stereocenters. The van der Waals surface area contributed by atoms with E-state index < -0.39 is 0 Å². The van der Waals surface area contributed by atoms with Gasteiger partial charge in [0.2, 0.25) is 5.91 Å². The smallest absolute Gasteiger partial charge is 0.236 e. The Kier molecular flexibility index (Phi) is 6.81. The number of nitrogens with zero attached hydrogens (tertiary/aromatic N) is 4. The highest BCUT2D eigenvalue weighted by Crippen LogP contribution is 2.23. The van der Waals surface area contributed by atoms with E-state index in [0.29, 0.717) is 19.1 Å². The second kappa shape index (κ2) is 9.50. The maximum atomic E-state index is 12.4. The van der Waals surface area contributed by atoms with Crippen molar-refractivity contribution < 1.29 is 9.53 Å². The van der Waals surface area contributed by atoms with Crippen LogP contribution in [0, 0.1) is 0 Å². The van der Waals surface area contributed by atoms with Gasteiger partial charge in [0, 0.05) is 37.8 Å². The maximum absolute atomic E-state index is 12.4. The van der Waals surface area contributed by atoms with Gasteiger partial charge in [-0.15, -0.1) is 10.2 Å². The summed E-state index contributed by atoms with van der Waals surface area (Å²) in [7, 11) is 1.65. The van der Waals surface area contributed by atoms with Gasteiger partial charge < -0.3 is 19.9 Å². The number of nitrogens with one attached hydrogen (secondary N) is 1. The second-order valence-corrected chi connectivity index (χ2v) is 7.27. The van der Waals surface area contributed by atoms with Crippen LogP contribution in [0.25, 0.3) is 11.3 Å². The molecule has 0 spiro atoms. The first-order chi connectivity index (χ1) is 13.6. The number of carbonyl (C=O) groups excluding carboxylic acids is 1. The van der Waals surface area contributed by atoms with Crippen molar-refractivity contribution in [3.05, 3.63) is 36.4 Å². The van der Waals surface area contributed by atoms with Gasteiger partial charge in [0.25, 0.3) is 0 Å². The molecule has 0 bridgehead atoms. The molecule has 150 valence electrons. The molecule has 7 nitrogen and oxygen atoms in total. The second-order valence-electron chi connectivity index (χ2n) is 7.27. The number of hydrogen-bond donors (Lipinski definition) is 1. The molecule has 1 N–H and O–H groups in total. The lowest BCUT2D eigenvalue weighted by atomic mass is 10.1. The van der Waals surface area contributed by atoms with Crippen LogP contribution in [-0.2, 0) is 4.79 Å². The lowest BCUT2D eigenvalue weighted by Crippen LogP contribution is -2.42. The van der Waals surface area contributed by atoms with Crippen molar-refractivity contribution in [1.82, 2.24) is 20.4 Å². The molecule has 1 amide bonds. The summed E-state index contributed by atoms with van der Waals surface area (Å²) in [6.45, 7) is 7.61. The zero-order valence-electron chi connectivity index (χ0n) is 16.9. The summed E-state index contributed by atoms with van der Waals surface area (Å²) in [5.41, 5.74) is 1.79. The van der Waals surface area contributed by atoms with Crippen molar-refractivity contribution in [2.24, 2.45) is 0 Å². The number of anilines is 1. The summed E-state index contributed by atoms with van der Waals surface area (Å²) in [4.78, 5) is 16.5. The lowest BCUT2D eigenvalue weighted by Gasteiger charge is -2.23. The molecule has 1 aliphatic rings. The van der Waals surface area contributed by atoms with E-state index in [-0.39, 0.29) is 5.91 Å². The molecular weight excluding hydrogens is 354 g/mol. The molecule has 1 aromatic heterocycles. The Morgan fingerprint density at radius 1 is 1.14 bits per heavy atom. The molecule has 2 aromatic rings. The predicted molar refractivity (Wildman–Crippen MR) is 111 cm³/mol. The zero-order valence-corrected chi connectivity index (χ0v) is 16.9. The van der Waals surface area contributed by atoms with Gasteiger partial charge in [-0.3, -0.25) is 4.79 Å². The molecule has 1 saturated heterocycles. The van der Waals surface area contributed by atoms with Crippen molar-refractivity contribution in [3.8, 4) is 17.0 Å². The summed E-state index contributed by atoms with van der Waals surface area (Å²) in [5, 5.41) is 12.0. The number of carbonyl (C=O) groups is 1. The van der Waals surface area contributed by atoms with E-state index in [1.165, 1.54) is 0 Å². The first-order valence-electron chi connectivity index (χ1n) is 9.81. The number of benzene rings is 1. The van der Waals surface area contributed by atoms with E-state index in [0.717, 1.165) is 48.9 Å². The van der Waals surface area contributed by atoms with E-state index in [2.05, 4.69) is 20.4 Å². The molecule has 0 radical (unpaired) electrons. The van der Waals surface area contributed by atoms with Crippen LogP contribution in [0.4, 0.5) is 5.82 Å². The van der Waals surface area contributed by atoms with Crippen molar-refractivity contribution in [2.75, 3.05) is 44.7 Å². The van der Waals surface area contributed by atoms with Crippen LogP contribution in [0.2, 0.25) is 0 Å². The monoisotopic (exact) mass is 383 g/mol. The number of ether oxygens (including phenoxy) is 1. The normalized spacial score (nSPS) is 14.9. The molecule has 7 heteroatoms. The fraction of sp³-hybridized carbons (Fsp3) is 0.476. The molecule has 1 aromatic carbocycles. The Bertz CT molecular complexity index is 779. The van der Waals surface area contributed by atoms with E-state index >= 15 is 0 Å². The quantitative estimate of drug-likeness (QED) is 0.825. The van der Waals surface area contributed by atoms with Gasteiger partial charge >= 0.3 is 0 Å². The number of methoxy groups -OCH3 is 1. The Labute approximate surface area is 166 Å². The summed E-state index contributed by atoms with van der Waals surface area (Å²) in [6.07, 6.45) is 0.923. The van der Waals surface area contributed by atoms with Crippen LogP contribution in [-0.4, -0.2) is 66.9 Å². The number of aromatic nitrogens is 2. The Morgan fingerprint density at radius 2 is 2.00 bits per heavy atom. The number of amides is 1. The van der Waals surface area contributed by atoms with Crippen LogP contribution in [0.3, 0.4) is 0 Å².